The van der Waals surface area contributed by atoms with Crippen LogP contribution >= 0.6 is 0 Å². The van der Waals surface area contributed by atoms with Gasteiger partial charge in [-0.1, -0.05) is 0 Å². The summed E-state index contributed by atoms with van der Waals surface area (Å²) in [7, 11) is 0. The second-order valence-electron chi connectivity index (χ2n) is 9.02. The lowest BCUT2D eigenvalue weighted by Crippen LogP contribution is -2.44. The zero-order chi connectivity index (χ0) is 17.3. The third kappa shape index (κ3) is 2.51. The fraction of sp³-hybridized carbons (Fsp3) is 0.619. The maximum Gasteiger partial charge on any atom is 0.322 e. The monoisotopic (exact) mass is 351 g/mol. The highest BCUT2D eigenvalue weighted by Crippen LogP contribution is 2.47. The number of nitrogens with zero attached hydrogens (tertiary/aromatic N) is 2. The van der Waals surface area contributed by atoms with Crippen LogP contribution in [0, 0.1) is 17.8 Å². The van der Waals surface area contributed by atoms with Gasteiger partial charge in [0, 0.05) is 24.2 Å². The van der Waals surface area contributed by atoms with Crippen LogP contribution < -0.4 is 5.32 Å². The number of fused-ring (bicyclic) bond motifs is 2. The molecular weight excluding hydrogens is 326 g/mol. The number of urea groups is 1. The molecule has 5 fully saturated rings. The summed E-state index contributed by atoms with van der Waals surface area (Å²) in [4.78, 5) is 19.8. The van der Waals surface area contributed by atoms with Gasteiger partial charge in [-0.15, -0.1) is 0 Å². The van der Waals surface area contributed by atoms with E-state index in [9.17, 15) is 4.79 Å². The Morgan fingerprint density at radius 3 is 2.62 bits per heavy atom. The van der Waals surface area contributed by atoms with Crippen LogP contribution in [-0.2, 0) is 0 Å². The Morgan fingerprint density at radius 1 is 1.08 bits per heavy atom. The van der Waals surface area contributed by atoms with E-state index in [4.69, 9.17) is 4.42 Å². The molecule has 1 aromatic heterocycles. The maximum atomic E-state index is 13.0. The van der Waals surface area contributed by atoms with E-state index in [1.165, 1.54) is 44.9 Å². The topological polar surface area (TPSA) is 58.4 Å². The van der Waals surface area contributed by atoms with Gasteiger partial charge in [0.2, 0.25) is 0 Å². The smallest absolute Gasteiger partial charge is 0.322 e. The van der Waals surface area contributed by atoms with Crippen molar-refractivity contribution in [3.63, 3.8) is 0 Å². The number of hydrogen-bond donors (Lipinski definition) is 1. The Balaban J connectivity index is 1.23. The van der Waals surface area contributed by atoms with Crippen molar-refractivity contribution in [3.05, 3.63) is 24.1 Å². The molecule has 0 spiro atoms. The van der Waals surface area contributed by atoms with Crippen LogP contribution in [-0.4, -0.2) is 28.5 Å². The predicted octanol–water partition coefficient (Wildman–Crippen LogP) is 4.75. The van der Waals surface area contributed by atoms with Gasteiger partial charge in [-0.25, -0.2) is 9.78 Å². The highest BCUT2D eigenvalue weighted by molar-refractivity contribution is 5.92. The first kappa shape index (κ1) is 15.1. The van der Waals surface area contributed by atoms with E-state index < -0.39 is 0 Å². The first-order valence-electron chi connectivity index (χ1n) is 10.2. The second kappa shape index (κ2) is 5.48. The van der Waals surface area contributed by atoms with Gasteiger partial charge in [-0.05, 0) is 80.9 Å². The van der Waals surface area contributed by atoms with Gasteiger partial charge in [0.1, 0.15) is 5.52 Å². The van der Waals surface area contributed by atoms with Crippen molar-refractivity contribution < 1.29 is 9.21 Å². The molecule has 7 rings (SSSR count). The molecule has 2 saturated heterocycles. The molecule has 2 aromatic rings. The molecule has 26 heavy (non-hydrogen) atoms. The first-order chi connectivity index (χ1) is 12.7. The maximum absolute atomic E-state index is 13.0. The van der Waals surface area contributed by atoms with Crippen LogP contribution in [0.4, 0.5) is 10.5 Å². The van der Waals surface area contributed by atoms with E-state index in [1.807, 2.05) is 18.2 Å². The Hall–Kier alpha value is -2.04. The van der Waals surface area contributed by atoms with Gasteiger partial charge in [0.15, 0.2) is 11.5 Å². The zero-order valence-corrected chi connectivity index (χ0v) is 15.0. The third-order valence-electron chi connectivity index (χ3n) is 6.95. The van der Waals surface area contributed by atoms with Gasteiger partial charge < -0.3 is 14.6 Å². The molecule has 5 aliphatic rings. The molecule has 2 unspecified atom stereocenters. The number of anilines is 1. The highest BCUT2D eigenvalue weighted by Gasteiger charge is 2.44. The lowest BCUT2D eigenvalue weighted by molar-refractivity contribution is 0.136. The fourth-order valence-electron chi connectivity index (χ4n) is 5.76. The molecular formula is C21H25N3O2. The van der Waals surface area contributed by atoms with Crippen LogP contribution in [0.5, 0.6) is 0 Å². The molecule has 3 aliphatic carbocycles. The van der Waals surface area contributed by atoms with Gasteiger partial charge in [0.05, 0.1) is 0 Å². The predicted molar refractivity (Wildman–Crippen MR) is 99.1 cm³/mol. The Kier molecular flexibility index (Phi) is 3.17. The summed E-state index contributed by atoms with van der Waals surface area (Å²) in [5.41, 5.74) is 2.48. The summed E-state index contributed by atoms with van der Waals surface area (Å²) in [6.45, 7) is 0.932. The molecule has 2 atom stereocenters. The lowest BCUT2D eigenvalue weighted by atomic mass is 9.68. The van der Waals surface area contributed by atoms with E-state index in [2.05, 4.69) is 15.2 Å². The molecule has 5 nitrogen and oxygen atoms in total. The minimum absolute atomic E-state index is 0.0634. The molecule has 2 aliphatic heterocycles. The van der Waals surface area contributed by atoms with Crippen molar-refractivity contribution in [1.82, 2.24) is 9.88 Å². The van der Waals surface area contributed by atoms with Crippen LogP contribution in [0.1, 0.15) is 56.8 Å². The summed E-state index contributed by atoms with van der Waals surface area (Å²) in [5.74, 6) is 3.76. The minimum Gasteiger partial charge on any atom is -0.440 e. The Morgan fingerprint density at radius 2 is 1.85 bits per heavy atom. The molecule has 1 aromatic carbocycles. The van der Waals surface area contributed by atoms with Crippen molar-refractivity contribution in [2.24, 2.45) is 17.8 Å². The summed E-state index contributed by atoms with van der Waals surface area (Å²) in [6, 6.07) is 6.31. The SMILES string of the molecule is O=C(Nc1ccc2oc(C3CC3)nc2c1)N1CC2CC3CC(C2)CC1C3. The van der Waals surface area contributed by atoms with Gasteiger partial charge in [-0.3, -0.25) is 0 Å². The number of aromatic nitrogens is 1. The Bertz CT molecular complexity index is 857. The molecule has 3 heterocycles. The number of carbonyl (C=O) groups is 1. The minimum atomic E-state index is 0.0634. The first-order valence-corrected chi connectivity index (χ1v) is 10.2. The summed E-state index contributed by atoms with van der Waals surface area (Å²) in [6.07, 6.45) is 8.80. The summed E-state index contributed by atoms with van der Waals surface area (Å²) < 4.78 is 5.82. The third-order valence-corrected chi connectivity index (χ3v) is 6.95. The average Bonchev–Trinajstić information content (AvgIpc) is 3.40. The number of oxazole rings is 1. The van der Waals surface area contributed by atoms with Crippen LogP contribution in [0.3, 0.4) is 0 Å². The average molecular weight is 351 g/mol. The van der Waals surface area contributed by atoms with E-state index in [1.54, 1.807) is 0 Å². The standard InChI is InChI=1S/C21H25N3O2/c25-21(24-11-14-6-12-5-13(7-14)9-17(24)8-12)22-16-3-4-19-18(10-16)23-20(26-19)15-1-2-15/h3-4,10,12-15,17H,1-2,5-9,11H2,(H,22,25). The zero-order valence-electron chi connectivity index (χ0n) is 15.0. The molecule has 1 N–H and O–H groups in total. The molecule has 3 saturated carbocycles. The van der Waals surface area contributed by atoms with Crippen molar-refractivity contribution in [1.29, 1.82) is 0 Å². The van der Waals surface area contributed by atoms with Crippen molar-refractivity contribution in [3.8, 4) is 0 Å². The Labute approximate surface area is 153 Å². The molecule has 5 heteroatoms. The quantitative estimate of drug-likeness (QED) is 0.849. The number of nitrogens with one attached hydrogen (secondary N) is 1. The van der Waals surface area contributed by atoms with Gasteiger partial charge >= 0.3 is 6.03 Å². The largest absolute Gasteiger partial charge is 0.440 e. The van der Waals surface area contributed by atoms with E-state index in [0.717, 1.165) is 41.1 Å². The number of benzene rings is 1. The number of rotatable bonds is 2. The van der Waals surface area contributed by atoms with E-state index in [0.29, 0.717) is 17.9 Å². The summed E-state index contributed by atoms with van der Waals surface area (Å²) in [5, 5.41) is 3.13. The molecule has 136 valence electrons. The second-order valence-corrected chi connectivity index (χ2v) is 9.02. The lowest BCUT2D eigenvalue weighted by Gasteiger charge is -2.38. The fourth-order valence-corrected chi connectivity index (χ4v) is 5.76. The summed E-state index contributed by atoms with van der Waals surface area (Å²) >= 11 is 0. The van der Waals surface area contributed by atoms with Crippen LogP contribution in [0.15, 0.2) is 22.6 Å². The van der Waals surface area contributed by atoms with Crippen molar-refractivity contribution in [2.75, 3.05) is 11.9 Å². The van der Waals surface area contributed by atoms with Crippen molar-refractivity contribution >= 4 is 22.8 Å². The number of hydrogen-bond acceptors (Lipinski definition) is 3. The molecule has 2 amide bonds. The van der Waals surface area contributed by atoms with Gasteiger partial charge in [0.25, 0.3) is 0 Å². The molecule has 4 bridgehead atoms. The highest BCUT2D eigenvalue weighted by atomic mass is 16.3. The number of amides is 2. The normalized spacial score (nSPS) is 32.8. The van der Waals surface area contributed by atoms with Crippen LogP contribution in [0.25, 0.3) is 11.1 Å². The van der Waals surface area contributed by atoms with E-state index >= 15 is 0 Å². The van der Waals surface area contributed by atoms with Crippen molar-refractivity contribution in [2.45, 2.75) is 56.9 Å². The van der Waals surface area contributed by atoms with E-state index in [-0.39, 0.29) is 6.03 Å². The van der Waals surface area contributed by atoms with Gasteiger partial charge in [-0.2, -0.15) is 0 Å². The van der Waals surface area contributed by atoms with Crippen LogP contribution in [0.2, 0.25) is 0 Å². The molecule has 0 radical (unpaired) electrons. The number of carbonyl (C=O) groups excluding carboxylic acids is 1.